The first-order valence-corrected chi connectivity index (χ1v) is 6.85. The van der Waals surface area contributed by atoms with Gasteiger partial charge in [0.15, 0.2) is 0 Å². The van der Waals surface area contributed by atoms with E-state index >= 15 is 0 Å². The predicted octanol–water partition coefficient (Wildman–Crippen LogP) is 2.11. The molecule has 1 aromatic rings. The molecule has 116 valence electrons. The minimum Gasteiger partial charge on any atom is -0.393 e. The maximum absolute atomic E-state index is 11.9. The second kappa shape index (κ2) is 8.21. The highest BCUT2D eigenvalue weighted by atomic mass is 16.6. The summed E-state index contributed by atoms with van der Waals surface area (Å²) in [5.41, 5.74) is 5.50. The van der Waals surface area contributed by atoms with Crippen LogP contribution in [-0.2, 0) is 4.74 Å². The molecule has 0 aromatic heterocycles. The maximum atomic E-state index is 11.9. The van der Waals surface area contributed by atoms with Crippen molar-refractivity contribution in [3.8, 4) is 0 Å². The predicted molar refractivity (Wildman–Crippen MR) is 80.2 cm³/mol. The standard InChI is InChI=1S/C14H21N3O4/c1-10(2)21-8-4-3-7-16-14(18)11-5-6-12(15)13(9-11)17(19)20/h5-6,9-10H,3-4,7-8,15H2,1-2H3,(H,16,18). The second-order valence-corrected chi connectivity index (χ2v) is 4.91. The number of benzene rings is 1. The summed E-state index contributed by atoms with van der Waals surface area (Å²) < 4.78 is 5.39. The highest BCUT2D eigenvalue weighted by Gasteiger charge is 2.15. The van der Waals surface area contributed by atoms with Gasteiger partial charge in [0, 0.05) is 24.8 Å². The number of ether oxygens (including phenoxy) is 1. The van der Waals surface area contributed by atoms with Crippen molar-refractivity contribution in [2.24, 2.45) is 0 Å². The van der Waals surface area contributed by atoms with Crippen molar-refractivity contribution in [3.63, 3.8) is 0 Å². The molecule has 0 saturated heterocycles. The molecule has 0 atom stereocenters. The van der Waals surface area contributed by atoms with E-state index in [1.54, 1.807) is 0 Å². The topological polar surface area (TPSA) is 107 Å². The number of unbranched alkanes of at least 4 members (excludes halogenated alkanes) is 1. The zero-order valence-electron chi connectivity index (χ0n) is 12.3. The van der Waals surface area contributed by atoms with E-state index in [1.807, 2.05) is 13.8 Å². The van der Waals surface area contributed by atoms with Gasteiger partial charge in [-0.15, -0.1) is 0 Å². The molecule has 3 N–H and O–H groups in total. The lowest BCUT2D eigenvalue weighted by Gasteiger charge is -2.08. The van der Waals surface area contributed by atoms with Gasteiger partial charge in [0.05, 0.1) is 11.0 Å². The van der Waals surface area contributed by atoms with Gasteiger partial charge in [0.2, 0.25) is 0 Å². The molecule has 1 aromatic carbocycles. The van der Waals surface area contributed by atoms with E-state index in [1.165, 1.54) is 18.2 Å². The molecule has 0 aliphatic rings. The molecule has 0 bridgehead atoms. The summed E-state index contributed by atoms with van der Waals surface area (Å²) in [5, 5.41) is 13.5. The number of nitrogen functional groups attached to an aromatic ring is 1. The molecular weight excluding hydrogens is 274 g/mol. The first-order chi connectivity index (χ1) is 9.91. The van der Waals surface area contributed by atoms with E-state index in [2.05, 4.69) is 5.32 Å². The van der Waals surface area contributed by atoms with Crippen molar-refractivity contribution < 1.29 is 14.5 Å². The Morgan fingerprint density at radius 2 is 2.14 bits per heavy atom. The minimum absolute atomic E-state index is 0.0439. The van der Waals surface area contributed by atoms with Crippen LogP contribution in [0, 0.1) is 10.1 Å². The van der Waals surface area contributed by atoms with Crippen LogP contribution in [0.3, 0.4) is 0 Å². The fourth-order valence-electron chi connectivity index (χ4n) is 1.69. The monoisotopic (exact) mass is 295 g/mol. The third-order valence-corrected chi connectivity index (χ3v) is 2.80. The van der Waals surface area contributed by atoms with Gasteiger partial charge in [0.1, 0.15) is 5.69 Å². The van der Waals surface area contributed by atoms with Gasteiger partial charge in [0.25, 0.3) is 11.6 Å². The molecule has 0 heterocycles. The number of carbonyl (C=O) groups excluding carboxylic acids is 1. The van der Waals surface area contributed by atoms with Gasteiger partial charge < -0.3 is 15.8 Å². The smallest absolute Gasteiger partial charge is 0.292 e. The van der Waals surface area contributed by atoms with Gasteiger partial charge in [-0.3, -0.25) is 14.9 Å². The number of amides is 1. The summed E-state index contributed by atoms with van der Waals surface area (Å²) in [6, 6.07) is 4.02. The van der Waals surface area contributed by atoms with Crippen molar-refractivity contribution in [1.29, 1.82) is 0 Å². The minimum atomic E-state index is -0.602. The van der Waals surface area contributed by atoms with E-state index < -0.39 is 4.92 Å². The summed E-state index contributed by atoms with van der Waals surface area (Å²) in [4.78, 5) is 22.0. The summed E-state index contributed by atoms with van der Waals surface area (Å²) in [6.07, 6.45) is 1.84. The van der Waals surface area contributed by atoms with Crippen LogP contribution >= 0.6 is 0 Å². The van der Waals surface area contributed by atoms with Crippen LogP contribution in [0.4, 0.5) is 11.4 Å². The Morgan fingerprint density at radius 3 is 2.76 bits per heavy atom. The number of carbonyl (C=O) groups is 1. The van der Waals surface area contributed by atoms with E-state index in [0.717, 1.165) is 12.8 Å². The first-order valence-electron chi connectivity index (χ1n) is 6.85. The Kier molecular flexibility index (Phi) is 6.61. The molecule has 1 rings (SSSR count). The Balaban J connectivity index is 2.42. The fraction of sp³-hybridized carbons (Fsp3) is 0.500. The summed E-state index contributed by atoms with van der Waals surface area (Å²) in [6.45, 7) is 5.09. The Bertz CT molecular complexity index is 503. The third-order valence-electron chi connectivity index (χ3n) is 2.80. The van der Waals surface area contributed by atoms with Crippen molar-refractivity contribution >= 4 is 17.3 Å². The fourth-order valence-corrected chi connectivity index (χ4v) is 1.69. The lowest BCUT2D eigenvalue weighted by molar-refractivity contribution is -0.383. The highest BCUT2D eigenvalue weighted by Crippen LogP contribution is 2.22. The van der Waals surface area contributed by atoms with Crippen LogP contribution in [0.1, 0.15) is 37.0 Å². The van der Waals surface area contributed by atoms with Crippen molar-refractivity contribution in [3.05, 3.63) is 33.9 Å². The second-order valence-electron chi connectivity index (χ2n) is 4.91. The largest absolute Gasteiger partial charge is 0.393 e. The molecule has 7 heteroatoms. The van der Waals surface area contributed by atoms with Crippen LogP contribution in [0.25, 0.3) is 0 Å². The van der Waals surface area contributed by atoms with E-state index in [9.17, 15) is 14.9 Å². The third kappa shape index (κ3) is 5.78. The lowest BCUT2D eigenvalue weighted by atomic mass is 10.1. The molecule has 7 nitrogen and oxygen atoms in total. The maximum Gasteiger partial charge on any atom is 0.292 e. The first kappa shape index (κ1) is 16.9. The Morgan fingerprint density at radius 1 is 1.43 bits per heavy atom. The van der Waals surface area contributed by atoms with E-state index in [0.29, 0.717) is 13.2 Å². The van der Waals surface area contributed by atoms with Crippen LogP contribution < -0.4 is 11.1 Å². The number of rotatable bonds is 8. The molecule has 21 heavy (non-hydrogen) atoms. The summed E-state index contributed by atoms with van der Waals surface area (Å²) >= 11 is 0. The quantitative estimate of drug-likeness (QED) is 0.330. The average molecular weight is 295 g/mol. The highest BCUT2D eigenvalue weighted by molar-refractivity contribution is 5.95. The van der Waals surface area contributed by atoms with Gasteiger partial charge in [-0.25, -0.2) is 0 Å². The molecular formula is C14H21N3O4. The Labute approximate surface area is 123 Å². The number of nitro groups is 1. The van der Waals surface area contributed by atoms with Gasteiger partial charge in [-0.1, -0.05) is 0 Å². The Hall–Kier alpha value is -2.15. The number of hydrogen-bond donors (Lipinski definition) is 2. The number of nitrogens with zero attached hydrogens (tertiary/aromatic N) is 1. The number of anilines is 1. The molecule has 0 saturated carbocycles. The van der Waals surface area contributed by atoms with Crippen LogP contribution in [0.5, 0.6) is 0 Å². The van der Waals surface area contributed by atoms with Gasteiger partial charge in [-0.05, 0) is 38.8 Å². The van der Waals surface area contributed by atoms with Crippen molar-refractivity contribution in [2.45, 2.75) is 32.8 Å². The number of nitro benzene ring substituents is 1. The average Bonchev–Trinajstić information content (AvgIpc) is 2.42. The number of hydrogen-bond acceptors (Lipinski definition) is 5. The molecule has 0 radical (unpaired) electrons. The van der Waals surface area contributed by atoms with Gasteiger partial charge >= 0.3 is 0 Å². The van der Waals surface area contributed by atoms with Crippen molar-refractivity contribution in [2.75, 3.05) is 18.9 Å². The molecule has 0 aliphatic heterocycles. The SMILES string of the molecule is CC(C)OCCCCNC(=O)c1ccc(N)c([N+](=O)[O-])c1. The molecule has 0 spiro atoms. The normalized spacial score (nSPS) is 10.6. The molecule has 0 unspecified atom stereocenters. The van der Waals surface area contributed by atoms with Crippen LogP contribution in [0.2, 0.25) is 0 Å². The molecule has 0 aliphatic carbocycles. The number of nitrogens with two attached hydrogens (primary N) is 1. The van der Waals surface area contributed by atoms with Gasteiger partial charge in [-0.2, -0.15) is 0 Å². The zero-order valence-corrected chi connectivity index (χ0v) is 12.3. The lowest BCUT2D eigenvalue weighted by Crippen LogP contribution is -2.24. The van der Waals surface area contributed by atoms with Crippen molar-refractivity contribution in [1.82, 2.24) is 5.32 Å². The molecule has 1 amide bonds. The van der Waals surface area contributed by atoms with Crippen LogP contribution in [-0.4, -0.2) is 30.1 Å². The van der Waals surface area contributed by atoms with E-state index in [-0.39, 0.29) is 28.9 Å². The molecule has 0 fully saturated rings. The number of nitrogens with one attached hydrogen (secondary N) is 1. The van der Waals surface area contributed by atoms with Crippen LogP contribution in [0.15, 0.2) is 18.2 Å². The zero-order chi connectivity index (χ0) is 15.8. The van der Waals surface area contributed by atoms with E-state index in [4.69, 9.17) is 10.5 Å². The summed E-state index contributed by atoms with van der Waals surface area (Å²) in [5.74, 6) is -0.345. The summed E-state index contributed by atoms with van der Waals surface area (Å²) in [7, 11) is 0.